The van der Waals surface area contributed by atoms with Crippen LogP contribution in [0.2, 0.25) is 0 Å². The highest BCUT2D eigenvalue weighted by molar-refractivity contribution is 5.24. The highest BCUT2D eigenvalue weighted by Crippen LogP contribution is 2.06. The summed E-state index contributed by atoms with van der Waals surface area (Å²) in [7, 11) is 0. The number of hydrogen-bond donors (Lipinski definition) is 0. The molecule has 0 amide bonds. The van der Waals surface area contributed by atoms with Gasteiger partial charge in [0.15, 0.2) is 0 Å². The van der Waals surface area contributed by atoms with Gasteiger partial charge in [-0.1, -0.05) is 24.3 Å². The largest absolute Gasteiger partial charge is 0.264 e. The molecule has 0 aromatic heterocycles. The Balaban J connectivity index is 2.86. The van der Waals surface area contributed by atoms with Gasteiger partial charge in [-0.05, 0) is 12.5 Å². The Kier molecular flexibility index (Phi) is 2.21. The van der Waals surface area contributed by atoms with Crippen LogP contribution in [-0.2, 0) is 6.54 Å². The Hall–Kier alpha value is -1.38. The third-order valence-corrected chi connectivity index (χ3v) is 1.56. The van der Waals surface area contributed by atoms with Crippen LogP contribution >= 0.6 is 0 Å². The third-order valence-electron chi connectivity index (χ3n) is 1.56. The molecule has 0 heterocycles. The zero-order valence-corrected chi connectivity index (χ0v) is 6.28. The predicted octanol–water partition coefficient (Wildman–Crippen LogP) is 1.77. The lowest BCUT2D eigenvalue weighted by atomic mass is 10.1. The quantitative estimate of drug-likeness (QED) is 0.477. The van der Waals surface area contributed by atoms with Crippen molar-refractivity contribution in [1.29, 1.82) is 0 Å². The highest BCUT2D eigenvalue weighted by atomic mass is 16.6. The molecule has 1 aromatic rings. The Morgan fingerprint density at radius 3 is 2.64 bits per heavy atom. The van der Waals surface area contributed by atoms with Gasteiger partial charge in [0, 0.05) is 10.5 Å². The van der Waals surface area contributed by atoms with E-state index in [0.29, 0.717) is 0 Å². The Morgan fingerprint density at radius 2 is 2.09 bits per heavy atom. The van der Waals surface area contributed by atoms with Crippen LogP contribution in [0.3, 0.4) is 0 Å². The number of aryl methyl sites for hydroxylation is 1. The van der Waals surface area contributed by atoms with E-state index in [2.05, 4.69) is 0 Å². The fourth-order valence-electron chi connectivity index (χ4n) is 0.927. The van der Waals surface area contributed by atoms with Crippen molar-refractivity contribution in [3.05, 3.63) is 45.5 Å². The summed E-state index contributed by atoms with van der Waals surface area (Å²) in [6.07, 6.45) is 0. The van der Waals surface area contributed by atoms with Crippen molar-refractivity contribution >= 4 is 0 Å². The first kappa shape index (κ1) is 7.72. The van der Waals surface area contributed by atoms with Crippen molar-refractivity contribution in [3.63, 3.8) is 0 Å². The first-order valence-corrected chi connectivity index (χ1v) is 3.36. The number of benzene rings is 1. The minimum absolute atomic E-state index is 0.0767. The average Bonchev–Trinajstić information content (AvgIpc) is 1.93. The topological polar surface area (TPSA) is 43.1 Å². The molecule has 11 heavy (non-hydrogen) atoms. The lowest BCUT2D eigenvalue weighted by Crippen LogP contribution is -1.99. The minimum Gasteiger partial charge on any atom is -0.264 e. The fraction of sp³-hybridized carbons (Fsp3) is 0.250. The van der Waals surface area contributed by atoms with Gasteiger partial charge in [-0.3, -0.25) is 10.1 Å². The van der Waals surface area contributed by atoms with E-state index < -0.39 is 0 Å². The molecule has 0 saturated carbocycles. The molecule has 0 unspecified atom stereocenters. The maximum Gasteiger partial charge on any atom is 0.229 e. The molecule has 0 aliphatic rings. The molecule has 1 rings (SSSR count). The summed E-state index contributed by atoms with van der Waals surface area (Å²) >= 11 is 0. The van der Waals surface area contributed by atoms with Gasteiger partial charge in [0.1, 0.15) is 0 Å². The Bertz CT molecular complexity index is 271. The number of hydrogen-bond acceptors (Lipinski definition) is 2. The summed E-state index contributed by atoms with van der Waals surface area (Å²) in [6, 6.07) is 7.33. The zero-order chi connectivity index (χ0) is 8.27. The molecule has 0 spiro atoms. The van der Waals surface area contributed by atoms with E-state index in [1.54, 1.807) is 6.07 Å². The maximum atomic E-state index is 10.1. The van der Waals surface area contributed by atoms with Gasteiger partial charge in [-0.25, -0.2) is 0 Å². The van der Waals surface area contributed by atoms with E-state index in [9.17, 15) is 10.1 Å². The number of rotatable bonds is 2. The van der Waals surface area contributed by atoms with Crippen molar-refractivity contribution in [3.8, 4) is 0 Å². The Labute approximate surface area is 64.8 Å². The molecule has 3 nitrogen and oxygen atoms in total. The minimum atomic E-state index is -0.317. The molecule has 0 saturated heterocycles. The predicted molar refractivity (Wildman–Crippen MR) is 41.9 cm³/mol. The maximum absolute atomic E-state index is 10.1. The zero-order valence-electron chi connectivity index (χ0n) is 6.28. The van der Waals surface area contributed by atoms with Crippen LogP contribution in [0, 0.1) is 17.0 Å². The van der Waals surface area contributed by atoms with E-state index in [1.807, 2.05) is 25.1 Å². The molecule has 0 aliphatic heterocycles. The van der Waals surface area contributed by atoms with Crippen LogP contribution in [0.15, 0.2) is 24.3 Å². The van der Waals surface area contributed by atoms with Crippen LogP contribution in [0.4, 0.5) is 0 Å². The molecule has 3 heteroatoms. The second-order valence-corrected chi connectivity index (χ2v) is 2.42. The lowest BCUT2D eigenvalue weighted by molar-refractivity contribution is -0.496. The first-order chi connectivity index (χ1) is 5.20. The summed E-state index contributed by atoms with van der Waals surface area (Å²) in [4.78, 5) is 9.81. The highest BCUT2D eigenvalue weighted by Gasteiger charge is 2.02. The second-order valence-electron chi connectivity index (χ2n) is 2.42. The van der Waals surface area contributed by atoms with E-state index in [1.165, 1.54) is 0 Å². The molecule has 0 N–H and O–H groups in total. The summed E-state index contributed by atoms with van der Waals surface area (Å²) in [5, 5.41) is 10.1. The normalized spacial score (nSPS) is 9.55. The van der Waals surface area contributed by atoms with Gasteiger partial charge in [0.2, 0.25) is 6.54 Å². The van der Waals surface area contributed by atoms with Crippen molar-refractivity contribution in [1.82, 2.24) is 0 Å². The molecular weight excluding hydrogens is 142 g/mol. The lowest BCUT2D eigenvalue weighted by Gasteiger charge is -1.97. The van der Waals surface area contributed by atoms with Crippen LogP contribution < -0.4 is 0 Å². The van der Waals surface area contributed by atoms with Gasteiger partial charge in [0.05, 0.1) is 0 Å². The molecule has 0 radical (unpaired) electrons. The SMILES string of the molecule is Cc1ccccc1C[N+](=O)[O-]. The van der Waals surface area contributed by atoms with E-state index in [0.717, 1.165) is 11.1 Å². The summed E-state index contributed by atoms with van der Waals surface area (Å²) in [5.41, 5.74) is 1.77. The fourth-order valence-corrected chi connectivity index (χ4v) is 0.927. The smallest absolute Gasteiger partial charge is 0.229 e. The molecule has 0 fully saturated rings. The average molecular weight is 151 g/mol. The van der Waals surface area contributed by atoms with Gasteiger partial charge < -0.3 is 0 Å². The Morgan fingerprint density at radius 1 is 1.45 bits per heavy atom. The van der Waals surface area contributed by atoms with E-state index in [4.69, 9.17) is 0 Å². The number of nitro groups is 1. The molecular formula is C8H9NO2. The molecule has 0 atom stereocenters. The standard InChI is InChI=1S/C8H9NO2/c1-7-4-2-3-5-8(7)6-9(10)11/h2-5H,6H2,1H3. The van der Waals surface area contributed by atoms with E-state index >= 15 is 0 Å². The van der Waals surface area contributed by atoms with Crippen LogP contribution in [0.1, 0.15) is 11.1 Å². The van der Waals surface area contributed by atoms with Gasteiger partial charge in [-0.2, -0.15) is 0 Å². The monoisotopic (exact) mass is 151 g/mol. The van der Waals surface area contributed by atoms with E-state index in [-0.39, 0.29) is 11.5 Å². The first-order valence-electron chi connectivity index (χ1n) is 3.36. The number of nitrogens with zero attached hydrogens (tertiary/aromatic N) is 1. The summed E-state index contributed by atoms with van der Waals surface area (Å²) in [5.74, 6) is 0. The van der Waals surface area contributed by atoms with Crippen molar-refractivity contribution in [2.45, 2.75) is 13.5 Å². The van der Waals surface area contributed by atoms with Crippen LogP contribution in [0.5, 0.6) is 0 Å². The van der Waals surface area contributed by atoms with Crippen molar-refractivity contribution in [2.75, 3.05) is 0 Å². The molecule has 1 aromatic carbocycles. The summed E-state index contributed by atoms with van der Waals surface area (Å²) < 4.78 is 0. The van der Waals surface area contributed by atoms with Crippen LogP contribution in [-0.4, -0.2) is 4.92 Å². The van der Waals surface area contributed by atoms with Gasteiger partial charge in [-0.15, -0.1) is 0 Å². The second kappa shape index (κ2) is 3.14. The summed E-state index contributed by atoms with van der Waals surface area (Å²) in [6.45, 7) is 1.80. The van der Waals surface area contributed by atoms with Gasteiger partial charge >= 0.3 is 0 Å². The molecule has 58 valence electrons. The van der Waals surface area contributed by atoms with Crippen molar-refractivity contribution in [2.24, 2.45) is 0 Å². The van der Waals surface area contributed by atoms with Crippen molar-refractivity contribution < 1.29 is 4.92 Å². The van der Waals surface area contributed by atoms with Crippen LogP contribution in [0.25, 0.3) is 0 Å². The molecule has 0 aliphatic carbocycles. The van der Waals surface area contributed by atoms with Gasteiger partial charge in [0.25, 0.3) is 0 Å². The third kappa shape index (κ3) is 2.04. The molecule has 0 bridgehead atoms.